The molecule has 2 rings (SSSR count). The molecular formula is C11H10F2N2. The Balaban J connectivity index is 2.21. The third-order valence-electron chi connectivity index (χ3n) is 2.10. The molecule has 0 saturated heterocycles. The van der Waals surface area contributed by atoms with E-state index in [9.17, 15) is 8.78 Å². The number of aryl methyl sites for hydroxylation is 1. The minimum absolute atomic E-state index is 0.449. The Morgan fingerprint density at radius 1 is 1.20 bits per heavy atom. The smallest absolute Gasteiger partial charge is 0.159 e. The van der Waals surface area contributed by atoms with Gasteiger partial charge in [0.25, 0.3) is 0 Å². The van der Waals surface area contributed by atoms with Crippen LogP contribution in [0.3, 0.4) is 0 Å². The molecule has 78 valence electrons. The Morgan fingerprint density at radius 3 is 2.60 bits per heavy atom. The first-order valence-corrected chi connectivity index (χ1v) is 4.59. The van der Waals surface area contributed by atoms with Gasteiger partial charge >= 0.3 is 0 Å². The van der Waals surface area contributed by atoms with Gasteiger partial charge in [0.05, 0.1) is 12.2 Å². The van der Waals surface area contributed by atoms with Crippen molar-refractivity contribution in [3.8, 4) is 0 Å². The quantitative estimate of drug-likeness (QED) is 0.741. The van der Waals surface area contributed by atoms with Crippen LogP contribution in [0.5, 0.6) is 0 Å². The zero-order valence-electron chi connectivity index (χ0n) is 8.24. The highest BCUT2D eigenvalue weighted by Crippen LogP contribution is 2.09. The second-order valence-electron chi connectivity index (χ2n) is 3.40. The monoisotopic (exact) mass is 208 g/mol. The maximum Gasteiger partial charge on any atom is 0.159 e. The third kappa shape index (κ3) is 2.21. The molecule has 0 aliphatic rings. The van der Waals surface area contributed by atoms with Gasteiger partial charge in [0.2, 0.25) is 0 Å². The molecule has 0 amide bonds. The number of benzene rings is 1. The minimum atomic E-state index is -0.824. The molecule has 2 nitrogen and oxygen atoms in total. The van der Waals surface area contributed by atoms with Crippen LogP contribution in [0.25, 0.3) is 0 Å². The van der Waals surface area contributed by atoms with Crippen LogP contribution in [0.4, 0.5) is 8.78 Å². The van der Waals surface area contributed by atoms with Crippen molar-refractivity contribution in [1.82, 2.24) is 9.78 Å². The van der Waals surface area contributed by atoms with Gasteiger partial charge < -0.3 is 0 Å². The van der Waals surface area contributed by atoms with Crippen LogP contribution in [0.2, 0.25) is 0 Å². The first kappa shape index (κ1) is 9.83. The van der Waals surface area contributed by atoms with Crippen LogP contribution in [0.1, 0.15) is 11.3 Å². The first-order chi connectivity index (χ1) is 7.15. The van der Waals surface area contributed by atoms with E-state index in [2.05, 4.69) is 5.10 Å². The zero-order valence-corrected chi connectivity index (χ0v) is 8.24. The fourth-order valence-electron chi connectivity index (χ4n) is 1.38. The molecule has 2 aromatic rings. The van der Waals surface area contributed by atoms with Gasteiger partial charge in [0.1, 0.15) is 0 Å². The van der Waals surface area contributed by atoms with E-state index in [4.69, 9.17) is 0 Å². The average Bonchev–Trinajstić information content (AvgIpc) is 2.58. The van der Waals surface area contributed by atoms with Crippen molar-refractivity contribution >= 4 is 0 Å². The van der Waals surface area contributed by atoms with E-state index in [0.717, 1.165) is 11.8 Å². The average molecular weight is 208 g/mol. The number of aromatic nitrogens is 2. The van der Waals surface area contributed by atoms with Gasteiger partial charge in [-0.1, -0.05) is 6.07 Å². The van der Waals surface area contributed by atoms with Gasteiger partial charge in [-0.2, -0.15) is 5.10 Å². The molecule has 0 saturated carbocycles. The standard InChI is InChI=1S/C11H10F2N2/c1-8-4-5-15(14-8)7-9-2-3-10(12)11(13)6-9/h2-6H,7H2,1H3. The SMILES string of the molecule is Cc1ccn(Cc2ccc(F)c(F)c2)n1. The molecular weight excluding hydrogens is 198 g/mol. The van der Waals surface area contributed by atoms with Crippen LogP contribution < -0.4 is 0 Å². The Hall–Kier alpha value is -1.71. The van der Waals surface area contributed by atoms with Crippen molar-refractivity contribution in [2.24, 2.45) is 0 Å². The Bertz CT molecular complexity index is 477. The summed E-state index contributed by atoms with van der Waals surface area (Å²) in [5.74, 6) is -1.65. The molecule has 0 atom stereocenters. The van der Waals surface area contributed by atoms with E-state index in [0.29, 0.717) is 12.1 Å². The fourth-order valence-corrected chi connectivity index (χ4v) is 1.38. The van der Waals surface area contributed by atoms with Gasteiger partial charge in [-0.3, -0.25) is 4.68 Å². The van der Waals surface area contributed by atoms with Crippen molar-refractivity contribution in [3.63, 3.8) is 0 Å². The van der Waals surface area contributed by atoms with E-state index in [1.807, 2.05) is 13.0 Å². The molecule has 0 bridgehead atoms. The van der Waals surface area contributed by atoms with E-state index in [-0.39, 0.29) is 0 Å². The highest BCUT2D eigenvalue weighted by molar-refractivity contribution is 5.18. The number of hydrogen-bond acceptors (Lipinski definition) is 1. The van der Waals surface area contributed by atoms with Crippen LogP contribution in [-0.2, 0) is 6.54 Å². The molecule has 0 unspecified atom stereocenters. The van der Waals surface area contributed by atoms with Crippen molar-refractivity contribution in [1.29, 1.82) is 0 Å². The van der Waals surface area contributed by atoms with Crippen molar-refractivity contribution in [2.75, 3.05) is 0 Å². The summed E-state index contributed by atoms with van der Waals surface area (Å²) >= 11 is 0. The molecule has 4 heteroatoms. The predicted molar refractivity (Wildman–Crippen MR) is 52.4 cm³/mol. The lowest BCUT2D eigenvalue weighted by Gasteiger charge is -2.02. The second-order valence-corrected chi connectivity index (χ2v) is 3.40. The van der Waals surface area contributed by atoms with E-state index < -0.39 is 11.6 Å². The van der Waals surface area contributed by atoms with Crippen LogP contribution >= 0.6 is 0 Å². The van der Waals surface area contributed by atoms with Crippen LogP contribution in [-0.4, -0.2) is 9.78 Å². The molecule has 1 aromatic carbocycles. The Labute approximate surface area is 86.2 Å². The van der Waals surface area contributed by atoms with Gasteiger partial charge in [-0.15, -0.1) is 0 Å². The largest absolute Gasteiger partial charge is 0.268 e. The summed E-state index contributed by atoms with van der Waals surface area (Å²) in [6, 6.07) is 5.72. The Kier molecular flexibility index (Phi) is 2.49. The summed E-state index contributed by atoms with van der Waals surface area (Å²) in [7, 11) is 0. The summed E-state index contributed by atoms with van der Waals surface area (Å²) in [4.78, 5) is 0. The molecule has 0 radical (unpaired) electrons. The summed E-state index contributed by atoms with van der Waals surface area (Å²) in [5.41, 5.74) is 1.59. The van der Waals surface area contributed by atoms with Gasteiger partial charge in [-0.05, 0) is 30.7 Å². The highest BCUT2D eigenvalue weighted by atomic mass is 19.2. The molecule has 0 spiro atoms. The molecule has 0 aliphatic carbocycles. The topological polar surface area (TPSA) is 17.8 Å². The first-order valence-electron chi connectivity index (χ1n) is 4.59. The zero-order chi connectivity index (χ0) is 10.8. The molecule has 0 aliphatic heterocycles. The van der Waals surface area contributed by atoms with E-state index in [1.54, 1.807) is 16.9 Å². The van der Waals surface area contributed by atoms with Gasteiger partial charge in [0, 0.05) is 6.20 Å². The number of rotatable bonds is 2. The van der Waals surface area contributed by atoms with Crippen molar-refractivity contribution in [2.45, 2.75) is 13.5 Å². The predicted octanol–water partition coefficient (Wildman–Crippen LogP) is 2.52. The summed E-state index contributed by atoms with van der Waals surface area (Å²) in [5, 5.41) is 4.16. The number of nitrogens with zero attached hydrogens (tertiary/aromatic N) is 2. The van der Waals surface area contributed by atoms with E-state index >= 15 is 0 Å². The molecule has 0 fully saturated rings. The summed E-state index contributed by atoms with van der Waals surface area (Å²) < 4.78 is 27.2. The number of hydrogen-bond donors (Lipinski definition) is 0. The van der Waals surface area contributed by atoms with Gasteiger partial charge in [0.15, 0.2) is 11.6 Å². The molecule has 1 heterocycles. The Morgan fingerprint density at radius 2 is 2.00 bits per heavy atom. The maximum atomic E-state index is 12.9. The van der Waals surface area contributed by atoms with Crippen molar-refractivity contribution in [3.05, 3.63) is 53.4 Å². The lowest BCUT2D eigenvalue weighted by molar-refractivity contribution is 0.505. The molecule has 0 N–H and O–H groups in total. The minimum Gasteiger partial charge on any atom is -0.268 e. The summed E-state index contributed by atoms with van der Waals surface area (Å²) in [6.45, 7) is 2.33. The lowest BCUT2D eigenvalue weighted by Crippen LogP contribution is -2.01. The van der Waals surface area contributed by atoms with Crippen molar-refractivity contribution < 1.29 is 8.78 Å². The lowest BCUT2D eigenvalue weighted by atomic mass is 10.2. The molecule has 15 heavy (non-hydrogen) atoms. The third-order valence-corrected chi connectivity index (χ3v) is 2.10. The normalized spacial score (nSPS) is 10.6. The fraction of sp³-hybridized carbons (Fsp3) is 0.182. The van der Waals surface area contributed by atoms with E-state index in [1.165, 1.54) is 6.07 Å². The van der Waals surface area contributed by atoms with Crippen LogP contribution in [0.15, 0.2) is 30.5 Å². The number of halogens is 2. The molecule has 1 aromatic heterocycles. The summed E-state index contributed by atoms with van der Waals surface area (Å²) in [6.07, 6.45) is 1.80. The van der Waals surface area contributed by atoms with Crippen LogP contribution in [0, 0.1) is 18.6 Å². The van der Waals surface area contributed by atoms with Gasteiger partial charge in [-0.25, -0.2) is 8.78 Å². The second kappa shape index (κ2) is 3.81. The maximum absolute atomic E-state index is 12.9. The highest BCUT2D eigenvalue weighted by Gasteiger charge is 2.03.